The molecule has 0 aliphatic heterocycles. The van der Waals surface area contributed by atoms with Crippen molar-refractivity contribution in [2.24, 2.45) is 0 Å². The van der Waals surface area contributed by atoms with Crippen molar-refractivity contribution < 1.29 is 4.42 Å². The molecular weight excluding hydrogens is 164 g/mol. The van der Waals surface area contributed by atoms with Crippen LogP contribution >= 0.6 is 0 Å². The Morgan fingerprint density at radius 2 is 2.38 bits per heavy atom. The Balaban J connectivity index is 1.94. The van der Waals surface area contributed by atoms with Crippen molar-refractivity contribution in [1.29, 1.82) is 5.26 Å². The molecule has 0 saturated carbocycles. The summed E-state index contributed by atoms with van der Waals surface area (Å²) in [4.78, 5) is 0. The zero-order valence-electron chi connectivity index (χ0n) is 7.62. The van der Waals surface area contributed by atoms with E-state index in [9.17, 15) is 0 Å². The predicted molar refractivity (Wildman–Crippen MR) is 49.9 cm³/mol. The van der Waals surface area contributed by atoms with Gasteiger partial charge >= 0.3 is 0 Å². The van der Waals surface area contributed by atoms with E-state index in [1.54, 1.807) is 6.26 Å². The van der Waals surface area contributed by atoms with Crippen LogP contribution in [0, 0.1) is 11.3 Å². The molecule has 1 aromatic rings. The van der Waals surface area contributed by atoms with Crippen LogP contribution in [0.15, 0.2) is 22.8 Å². The number of nitrogens with zero attached hydrogens (tertiary/aromatic N) is 1. The van der Waals surface area contributed by atoms with Gasteiger partial charge in [-0.05, 0) is 31.5 Å². The monoisotopic (exact) mass is 178 g/mol. The van der Waals surface area contributed by atoms with Crippen LogP contribution in [-0.2, 0) is 6.54 Å². The second-order valence-corrected chi connectivity index (χ2v) is 2.87. The first-order chi connectivity index (χ1) is 6.43. The summed E-state index contributed by atoms with van der Waals surface area (Å²) in [5.74, 6) is 0.959. The fourth-order valence-corrected chi connectivity index (χ4v) is 1.08. The van der Waals surface area contributed by atoms with Gasteiger partial charge in [0.25, 0.3) is 0 Å². The summed E-state index contributed by atoms with van der Waals surface area (Å²) in [6.45, 7) is 1.72. The maximum absolute atomic E-state index is 8.29. The fourth-order valence-electron chi connectivity index (χ4n) is 1.08. The third kappa shape index (κ3) is 4.34. The fraction of sp³-hybridized carbons (Fsp3) is 0.500. The van der Waals surface area contributed by atoms with E-state index in [0.29, 0.717) is 6.42 Å². The molecule has 0 spiro atoms. The molecule has 3 nitrogen and oxygen atoms in total. The molecule has 1 aromatic heterocycles. The zero-order valence-corrected chi connectivity index (χ0v) is 7.62. The molecule has 0 unspecified atom stereocenters. The third-order valence-corrected chi connectivity index (χ3v) is 1.77. The summed E-state index contributed by atoms with van der Waals surface area (Å²) in [7, 11) is 0. The first kappa shape index (κ1) is 9.82. The molecule has 0 atom stereocenters. The normalized spacial score (nSPS) is 9.77. The minimum Gasteiger partial charge on any atom is -0.468 e. The number of nitriles is 1. The minimum absolute atomic E-state index is 0.655. The third-order valence-electron chi connectivity index (χ3n) is 1.77. The average Bonchev–Trinajstić information content (AvgIpc) is 2.63. The molecule has 0 amide bonds. The molecule has 0 aromatic carbocycles. The van der Waals surface area contributed by atoms with Crippen LogP contribution in [0.5, 0.6) is 0 Å². The van der Waals surface area contributed by atoms with Crippen molar-refractivity contribution in [3.05, 3.63) is 24.2 Å². The van der Waals surface area contributed by atoms with E-state index in [2.05, 4.69) is 11.4 Å². The Kier molecular flexibility index (Phi) is 4.73. The molecule has 0 bridgehead atoms. The van der Waals surface area contributed by atoms with Gasteiger partial charge in [-0.1, -0.05) is 0 Å². The molecule has 13 heavy (non-hydrogen) atoms. The van der Waals surface area contributed by atoms with Crippen LogP contribution in [0.25, 0.3) is 0 Å². The van der Waals surface area contributed by atoms with Crippen LogP contribution in [0.4, 0.5) is 0 Å². The van der Waals surface area contributed by atoms with Gasteiger partial charge in [-0.25, -0.2) is 0 Å². The lowest BCUT2D eigenvalue weighted by molar-refractivity contribution is 0.479. The molecule has 1 N–H and O–H groups in total. The van der Waals surface area contributed by atoms with E-state index in [-0.39, 0.29) is 0 Å². The van der Waals surface area contributed by atoms with Crippen LogP contribution in [-0.4, -0.2) is 6.54 Å². The molecular formula is C10H14N2O. The lowest BCUT2D eigenvalue weighted by Crippen LogP contribution is -2.13. The summed E-state index contributed by atoms with van der Waals surface area (Å²) in [6.07, 6.45) is 4.35. The highest BCUT2D eigenvalue weighted by molar-refractivity contribution is 4.97. The second-order valence-electron chi connectivity index (χ2n) is 2.87. The Labute approximate surface area is 78.4 Å². The molecule has 1 rings (SSSR count). The van der Waals surface area contributed by atoms with E-state index in [1.807, 2.05) is 12.1 Å². The van der Waals surface area contributed by atoms with Crippen LogP contribution in [0.1, 0.15) is 25.0 Å². The van der Waals surface area contributed by atoms with Gasteiger partial charge < -0.3 is 9.73 Å². The van der Waals surface area contributed by atoms with Gasteiger partial charge in [-0.3, -0.25) is 0 Å². The summed E-state index contributed by atoms with van der Waals surface area (Å²) in [6, 6.07) is 5.95. The zero-order chi connectivity index (χ0) is 9.36. The molecule has 70 valence electrons. The predicted octanol–water partition coefficient (Wildman–Crippen LogP) is 2.06. The molecule has 0 radical (unpaired) electrons. The van der Waals surface area contributed by atoms with E-state index in [1.165, 1.54) is 0 Å². The second kappa shape index (κ2) is 6.27. The molecule has 0 aliphatic rings. The molecule has 0 aliphatic carbocycles. The number of unbranched alkanes of at least 4 members (excludes halogenated alkanes) is 2. The number of rotatable bonds is 6. The van der Waals surface area contributed by atoms with Crippen molar-refractivity contribution >= 4 is 0 Å². The van der Waals surface area contributed by atoms with Crippen LogP contribution in [0.2, 0.25) is 0 Å². The number of nitrogens with one attached hydrogen (secondary N) is 1. The summed E-state index contributed by atoms with van der Waals surface area (Å²) >= 11 is 0. The van der Waals surface area contributed by atoms with Gasteiger partial charge in [-0.2, -0.15) is 5.26 Å². The first-order valence-corrected chi connectivity index (χ1v) is 4.53. The Bertz CT molecular complexity index is 248. The van der Waals surface area contributed by atoms with Crippen molar-refractivity contribution in [2.45, 2.75) is 25.8 Å². The highest BCUT2D eigenvalue weighted by Gasteiger charge is 1.93. The number of hydrogen-bond acceptors (Lipinski definition) is 3. The van der Waals surface area contributed by atoms with Gasteiger partial charge in [0.05, 0.1) is 18.9 Å². The van der Waals surface area contributed by atoms with Crippen LogP contribution in [0.3, 0.4) is 0 Å². The van der Waals surface area contributed by atoms with Gasteiger partial charge in [0, 0.05) is 6.42 Å². The summed E-state index contributed by atoms with van der Waals surface area (Å²) in [5, 5.41) is 11.5. The molecule has 1 heterocycles. The highest BCUT2D eigenvalue weighted by atomic mass is 16.3. The Morgan fingerprint density at radius 3 is 3.08 bits per heavy atom. The molecule has 3 heteroatoms. The van der Waals surface area contributed by atoms with Gasteiger partial charge in [0.1, 0.15) is 5.76 Å². The van der Waals surface area contributed by atoms with Crippen molar-refractivity contribution in [3.8, 4) is 6.07 Å². The standard InChI is InChI=1S/C10H14N2O/c11-6-2-1-3-7-12-9-10-5-4-8-13-10/h4-5,8,12H,1-3,7,9H2. The topological polar surface area (TPSA) is 49.0 Å². The average molecular weight is 178 g/mol. The maximum Gasteiger partial charge on any atom is 0.117 e. The van der Waals surface area contributed by atoms with Gasteiger partial charge in [0.2, 0.25) is 0 Å². The summed E-state index contributed by atoms with van der Waals surface area (Å²) < 4.78 is 5.15. The van der Waals surface area contributed by atoms with E-state index < -0.39 is 0 Å². The van der Waals surface area contributed by atoms with E-state index >= 15 is 0 Å². The first-order valence-electron chi connectivity index (χ1n) is 4.53. The lowest BCUT2D eigenvalue weighted by atomic mass is 10.2. The molecule has 0 saturated heterocycles. The lowest BCUT2D eigenvalue weighted by Gasteiger charge is -2.00. The van der Waals surface area contributed by atoms with Crippen LogP contribution < -0.4 is 5.32 Å². The van der Waals surface area contributed by atoms with Gasteiger partial charge in [-0.15, -0.1) is 0 Å². The van der Waals surface area contributed by atoms with Gasteiger partial charge in [0.15, 0.2) is 0 Å². The Hall–Kier alpha value is -1.27. The number of furan rings is 1. The Morgan fingerprint density at radius 1 is 1.46 bits per heavy atom. The van der Waals surface area contributed by atoms with Crippen molar-refractivity contribution in [1.82, 2.24) is 5.32 Å². The largest absolute Gasteiger partial charge is 0.468 e. The van der Waals surface area contributed by atoms with Crippen molar-refractivity contribution in [2.75, 3.05) is 6.54 Å². The smallest absolute Gasteiger partial charge is 0.117 e. The van der Waals surface area contributed by atoms with E-state index in [0.717, 1.165) is 31.7 Å². The SMILES string of the molecule is N#CCCCCNCc1ccco1. The van der Waals surface area contributed by atoms with E-state index in [4.69, 9.17) is 9.68 Å². The maximum atomic E-state index is 8.29. The minimum atomic E-state index is 0.655. The summed E-state index contributed by atoms with van der Waals surface area (Å²) in [5.41, 5.74) is 0. The highest BCUT2D eigenvalue weighted by Crippen LogP contribution is 1.99. The number of hydrogen-bond donors (Lipinski definition) is 1. The van der Waals surface area contributed by atoms with Crippen molar-refractivity contribution in [3.63, 3.8) is 0 Å². The molecule has 0 fully saturated rings. The quantitative estimate of drug-likeness (QED) is 0.678.